The molecular formula is C19H27N3O6. The van der Waals surface area contributed by atoms with Crippen molar-refractivity contribution in [3.63, 3.8) is 0 Å². The number of aryl methyl sites for hydroxylation is 1. The average molecular weight is 393 g/mol. The summed E-state index contributed by atoms with van der Waals surface area (Å²) in [4.78, 5) is 41.2. The Kier molecular flexibility index (Phi) is 9.49. The lowest BCUT2D eigenvalue weighted by Crippen LogP contribution is -2.48. The van der Waals surface area contributed by atoms with Crippen molar-refractivity contribution in [1.82, 2.24) is 9.96 Å². The molecule has 0 aliphatic rings. The van der Waals surface area contributed by atoms with Gasteiger partial charge in [-0.1, -0.05) is 49.2 Å². The van der Waals surface area contributed by atoms with Gasteiger partial charge in [-0.05, 0) is 24.3 Å². The van der Waals surface area contributed by atoms with Crippen LogP contribution >= 0.6 is 0 Å². The first-order chi connectivity index (χ1) is 13.2. The van der Waals surface area contributed by atoms with Crippen molar-refractivity contribution in [2.45, 2.75) is 33.1 Å². The molecule has 0 aliphatic heterocycles. The average Bonchev–Trinajstić information content (AvgIpc) is 2.64. The normalized spacial score (nSPS) is 10.3. The summed E-state index contributed by atoms with van der Waals surface area (Å²) >= 11 is 0. The van der Waals surface area contributed by atoms with Gasteiger partial charge in [-0.15, -0.1) is 0 Å². The maximum atomic E-state index is 12.2. The third-order valence-corrected chi connectivity index (χ3v) is 3.51. The maximum Gasteiger partial charge on any atom is 0.451 e. The van der Waals surface area contributed by atoms with E-state index in [-0.39, 0.29) is 18.9 Å². The summed E-state index contributed by atoms with van der Waals surface area (Å²) in [6, 6.07) is 9.59. The highest BCUT2D eigenvalue weighted by atomic mass is 16.8. The zero-order valence-electron chi connectivity index (χ0n) is 16.4. The Morgan fingerprint density at radius 3 is 2.39 bits per heavy atom. The van der Waals surface area contributed by atoms with E-state index >= 15 is 0 Å². The predicted octanol–water partition coefficient (Wildman–Crippen LogP) is 2.51. The van der Waals surface area contributed by atoms with Crippen LogP contribution in [0.2, 0.25) is 0 Å². The Morgan fingerprint density at radius 2 is 1.82 bits per heavy atom. The highest BCUT2D eigenvalue weighted by Gasteiger charge is 2.28. The zero-order valence-corrected chi connectivity index (χ0v) is 16.4. The van der Waals surface area contributed by atoms with Crippen molar-refractivity contribution in [2.75, 3.05) is 20.2 Å². The minimum atomic E-state index is -1.20. The van der Waals surface area contributed by atoms with Gasteiger partial charge in [0.05, 0.1) is 6.61 Å². The zero-order chi connectivity index (χ0) is 21.1. The first kappa shape index (κ1) is 22.9. The first-order valence-electron chi connectivity index (χ1n) is 8.93. The number of hydrogen-bond acceptors (Lipinski definition) is 6. The lowest BCUT2D eigenvalue weighted by Gasteiger charge is -2.26. The molecule has 0 radical (unpaired) electrons. The molecule has 154 valence electrons. The Labute approximate surface area is 164 Å². The van der Waals surface area contributed by atoms with Crippen LogP contribution in [0.4, 0.5) is 4.79 Å². The number of carboxylic acid groups (broad SMARTS) is 1. The number of carbonyl (C=O) groups is 3. The smallest absolute Gasteiger partial charge is 0.451 e. The lowest BCUT2D eigenvalue weighted by atomic mass is 10.1. The van der Waals surface area contributed by atoms with Crippen LogP contribution in [0.1, 0.15) is 32.3 Å². The summed E-state index contributed by atoms with van der Waals surface area (Å²) in [6.45, 7) is 3.18. The molecule has 0 aliphatic carbocycles. The fourth-order valence-corrected chi connectivity index (χ4v) is 2.13. The van der Waals surface area contributed by atoms with Gasteiger partial charge in [0.2, 0.25) is 5.96 Å². The molecule has 0 bridgehead atoms. The molecule has 0 fully saturated rings. The van der Waals surface area contributed by atoms with Crippen LogP contribution in [-0.4, -0.2) is 59.3 Å². The number of nitrogens with zero attached hydrogens (tertiary/aromatic N) is 2. The summed E-state index contributed by atoms with van der Waals surface area (Å²) in [5, 5.41) is 17.2. The largest absolute Gasteiger partial charge is 0.480 e. The second kappa shape index (κ2) is 11.6. The summed E-state index contributed by atoms with van der Waals surface area (Å²) < 4.78 is 5.01. The van der Waals surface area contributed by atoms with Gasteiger partial charge in [-0.3, -0.25) is 10.2 Å². The van der Waals surface area contributed by atoms with Crippen molar-refractivity contribution >= 4 is 24.0 Å². The number of ether oxygens (including phenoxy) is 1. The number of amides is 1. The van der Waals surface area contributed by atoms with Crippen LogP contribution in [-0.2, 0) is 25.6 Å². The second-order valence-corrected chi connectivity index (χ2v) is 6.64. The summed E-state index contributed by atoms with van der Waals surface area (Å²) in [5.74, 6) is -2.48. The van der Waals surface area contributed by atoms with E-state index < -0.39 is 30.5 Å². The Bertz CT molecular complexity index is 678. The van der Waals surface area contributed by atoms with E-state index in [0.717, 1.165) is 10.5 Å². The standard InChI is InChI=1S/C19H27N3O6/c1-14(2)13-27-19(26)22(18(20)21(3)12-16(23)24)28-17(25)11-7-10-15-8-5-4-6-9-15/h4-6,8-9,14,20H,7,10-13H2,1-3H3,(H,23,24). The number of hydrogen-bond donors (Lipinski definition) is 2. The molecule has 0 unspecified atom stereocenters. The first-order valence-corrected chi connectivity index (χ1v) is 8.93. The van der Waals surface area contributed by atoms with Crippen LogP contribution in [0.15, 0.2) is 30.3 Å². The molecule has 0 heterocycles. The molecule has 1 aromatic rings. The number of aliphatic carboxylic acids is 1. The number of rotatable bonds is 8. The van der Waals surface area contributed by atoms with Gasteiger partial charge >= 0.3 is 18.0 Å². The van der Waals surface area contributed by atoms with Crippen LogP contribution in [0, 0.1) is 11.3 Å². The van der Waals surface area contributed by atoms with Gasteiger partial charge in [0.15, 0.2) is 0 Å². The molecular weight excluding hydrogens is 366 g/mol. The molecule has 0 atom stereocenters. The van der Waals surface area contributed by atoms with Crippen LogP contribution in [0.5, 0.6) is 0 Å². The van der Waals surface area contributed by atoms with Crippen LogP contribution in [0.3, 0.4) is 0 Å². The predicted molar refractivity (Wildman–Crippen MR) is 101 cm³/mol. The van der Waals surface area contributed by atoms with E-state index in [1.165, 1.54) is 7.05 Å². The van der Waals surface area contributed by atoms with Crippen molar-refractivity contribution in [2.24, 2.45) is 5.92 Å². The van der Waals surface area contributed by atoms with E-state index in [0.29, 0.717) is 17.9 Å². The van der Waals surface area contributed by atoms with Crippen LogP contribution in [0.25, 0.3) is 0 Å². The third-order valence-electron chi connectivity index (χ3n) is 3.51. The van der Waals surface area contributed by atoms with Gasteiger partial charge in [0.1, 0.15) is 6.54 Å². The monoisotopic (exact) mass is 393 g/mol. The highest BCUT2D eigenvalue weighted by Crippen LogP contribution is 2.08. The van der Waals surface area contributed by atoms with E-state index in [1.807, 2.05) is 44.2 Å². The number of guanidine groups is 1. The quantitative estimate of drug-likeness (QED) is 0.395. The fraction of sp³-hybridized carbons (Fsp3) is 0.474. The molecule has 1 aromatic carbocycles. The van der Waals surface area contributed by atoms with E-state index in [2.05, 4.69) is 0 Å². The molecule has 1 amide bonds. The molecule has 9 heteroatoms. The molecule has 1 rings (SSSR count). The SMILES string of the molecule is CC(C)COC(=O)N(OC(=O)CCCc1ccccc1)C(=N)N(C)CC(=O)O. The number of carbonyl (C=O) groups excluding carboxylic acids is 2. The Hall–Kier alpha value is -3.10. The molecule has 0 aromatic heterocycles. The summed E-state index contributed by atoms with van der Waals surface area (Å²) in [5.41, 5.74) is 1.07. The maximum absolute atomic E-state index is 12.2. The minimum Gasteiger partial charge on any atom is -0.480 e. The van der Waals surface area contributed by atoms with Gasteiger partial charge in [-0.2, -0.15) is 0 Å². The number of nitrogens with one attached hydrogen (secondary N) is 1. The molecule has 0 saturated carbocycles. The van der Waals surface area contributed by atoms with E-state index in [9.17, 15) is 14.4 Å². The van der Waals surface area contributed by atoms with Gasteiger partial charge in [0.25, 0.3) is 0 Å². The van der Waals surface area contributed by atoms with Gasteiger partial charge in [-0.25, -0.2) is 9.59 Å². The molecule has 9 nitrogen and oxygen atoms in total. The Balaban J connectivity index is 2.68. The Morgan fingerprint density at radius 1 is 1.18 bits per heavy atom. The summed E-state index contributed by atoms with van der Waals surface area (Å²) in [6.07, 6.45) is 0.131. The number of likely N-dealkylation sites (N-methyl/N-ethyl adjacent to an activating group) is 1. The van der Waals surface area contributed by atoms with E-state index in [4.69, 9.17) is 20.1 Å². The third kappa shape index (κ3) is 8.52. The fourth-order valence-electron chi connectivity index (χ4n) is 2.13. The van der Waals surface area contributed by atoms with E-state index in [1.54, 1.807) is 0 Å². The van der Waals surface area contributed by atoms with Crippen molar-refractivity contribution < 1.29 is 29.1 Å². The lowest BCUT2D eigenvalue weighted by molar-refractivity contribution is -0.169. The topological polar surface area (TPSA) is 120 Å². The van der Waals surface area contributed by atoms with Gasteiger partial charge < -0.3 is 19.6 Å². The number of hydroxylamine groups is 2. The van der Waals surface area contributed by atoms with Gasteiger partial charge in [0, 0.05) is 13.5 Å². The molecule has 0 saturated heterocycles. The van der Waals surface area contributed by atoms with Crippen molar-refractivity contribution in [3.8, 4) is 0 Å². The minimum absolute atomic E-state index is 0.0266. The number of carboxylic acids is 1. The summed E-state index contributed by atoms with van der Waals surface area (Å²) in [7, 11) is 1.29. The van der Waals surface area contributed by atoms with Crippen molar-refractivity contribution in [3.05, 3.63) is 35.9 Å². The van der Waals surface area contributed by atoms with Crippen LogP contribution < -0.4 is 0 Å². The number of benzene rings is 1. The van der Waals surface area contributed by atoms with Crippen molar-refractivity contribution in [1.29, 1.82) is 5.41 Å². The highest BCUT2D eigenvalue weighted by molar-refractivity contribution is 5.93. The second-order valence-electron chi connectivity index (χ2n) is 6.64. The molecule has 0 spiro atoms. The molecule has 28 heavy (non-hydrogen) atoms. The molecule has 2 N–H and O–H groups in total.